The average molecular weight is 605 g/mol. The molecule has 0 saturated heterocycles. The molecule has 214 valence electrons. The van der Waals surface area contributed by atoms with Gasteiger partial charge in [-0.15, -0.1) is 0 Å². The van der Waals surface area contributed by atoms with Crippen molar-refractivity contribution in [2.45, 2.75) is 13.0 Å². The fourth-order valence-corrected chi connectivity index (χ4v) is 6.31. The van der Waals surface area contributed by atoms with Crippen molar-refractivity contribution in [2.75, 3.05) is 27.6 Å². The lowest BCUT2D eigenvalue weighted by Gasteiger charge is -2.26. The monoisotopic (exact) mass is 604 g/mol. The minimum Gasteiger partial charge on any atom is -0.493 e. The highest BCUT2D eigenvalue weighted by atomic mass is 35.5. The Morgan fingerprint density at radius 2 is 1.88 bits per heavy atom. The molecule has 9 nitrogen and oxygen atoms in total. The van der Waals surface area contributed by atoms with Crippen molar-refractivity contribution < 1.29 is 28.5 Å². The third-order valence-corrected chi connectivity index (χ3v) is 8.10. The van der Waals surface area contributed by atoms with E-state index in [0.29, 0.717) is 54.2 Å². The van der Waals surface area contributed by atoms with E-state index >= 15 is 0 Å². The number of hydrogen-bond acceptors (Lipinski definition) is 9. The number of aromatic nitrogens is 1. The Balaban J connectivity index is 1.63. The van der Waals surface area contributed by atoms with Crippen molar-refractivity contribution in [3.63, 3.8) is 0 Å². The van der Waals surface area contributed by atoms with Gasteiger partial charge in [0, 0.05) is 5.56 Å². The van der Waals surface area contributed by atoms with E-state index < -0.39 is 12.0 Å². The van der Waals surface area contributed by atoms with Gasteiger partial charge >= 0.3 is 5.97 Å². The first-order valence-corrected chi connectivity index (χ1v) is 14.2. The topological polar surface area (TPSA) is 97.6 Å². The minimum atomic E-state index is -0.846. The molecule has 1 atom stereocenters. The molecule has 1 aromatic heterocycles. The largest absolute Gasteiger partial charge is 0.493 e. The van der Waals surface area contributed by atoms with E-state index in [0.717, 1.165) is 5.56 Å². The normalized spacial score (nSPS) is 15.7. The fraction of sp³-hybridized carbons (Fsp3) is 0.194. The van der Waals surface area contributed by atoms with E-state index in [1.54, 1.807) is 37.3 Å². The maximum Gasteiger partial charge on any atom is 0.338 e. The van der Waals surface area contributed by atoms with Crippen LogP contribution >= 0.6 is 22.9 Å². The molecule has 0 fully saturated rings. The molecular weight excluding hydrogens is 580 g/mol. The number of thiazole rings is 1. The lowest BCUT2D eigenvalue weighted by molar-refractivity contribution is -0.138. The lowest BCUT2D eigenvalue weighted by Crippen LogP contribution is -2.40. The Morgan fingerprint density at radius 3 is 2.62 bits per heavy atom. The van der Waals surface area contributed by atoms with Gasteiger partial charge in [0.15, 0.2) is 27.8 Å². The molecule has 4 aromatic rings. The number of benzene rings is 3. The van der Waals surface area contributed by atoms with Crippen molar-refractivity contribution in [2.24, 2.45) is 4.99 Å². The highest BCUT2D eigenvalue weighted by Gasteiger charge is 2.36. The zero-order valence-corrected chi connectivity index (χ0v) is 24.5. The summed E-state index contributed by atoms with van der Waals surface area (Å²) in [6.07, 6.45) is 1.71. The Hall–Kier alpha value is -4.54. The summed E-state index contributed by atoms with van der Waals surface area (Å²) in [4.78, 5) is 33.0. The van der Waals surface area contributed by atoms with Crippen molar-refractivity contribution in [3.05, 3.63) is 108 Å². The number of ether oxygens (including phenoxy) is 5. The van der Waals surface area contributed by atoms with Gasteiger partial charge in [-0.3, -0.25) is 9.36 Å². The molecule has 2 aliphatic rings. The summed E-state index contributed by atoms with van der Waals surface area (Å²) < 4.78 is 29.4. The number of fused-ring (bicyclic) bond motifs is 2. The van der Waals surface area contributed by atoms with Gasteiger partial charge in [-0.25, -0.2) is 9.79 Å². The molecule has 0 bridgehead atoms. The van der Waals surface area contributed by atoms with E-state index in [-0.39, 0.29) is 24.5 Å². The summed E-state index contributed by atoms with van der Waals surface area (Å²) in [5, 5.41) is 0.338. The molecule has 0 N–H and O–H groups in total. The first-order chi connectivity index (χ1) is 20.4. The van der Waals surface area contributed by atoms with Crippen LogP contribution in [0.5, 0.6) is 23.0 Å². The van der Waals surface area contributed by atoms with E-state index in [1.165, 1.54) is 30.1 Å². The summed E-state index contributed by atoms with van der Waals surface area (Å²) >= 11 is 7.64. The third-order valence-electron chi connectivity index (χ3n) is 6.84. The molecule has 0 saturated carbocycles. The van der Waals surface area contributed by atoms with Crippen LogP contribution in [0, 0.1) is 0 Å². The van der Waals surface area contributed by atoms with Crippen LogP contribution in [0.3, 0.4) is 0 Å². The van der Waals surface area contributed by atoms with E-state index in [2.05, 4.69) is 0 Å². The average Bonchev–Trinajstić information content (AvgIpc) is 3.60. The number of rotatable bonds is 7. The van der Waals surface area contributed by atoms with Gasteiger partial charge < -0.3 is 23.7 Å². The molecule has 3 aromatic carbocycles. The molecule has 42 heavy (non-hydrogen) atoms. The Labute approximate surface area is 249 Å². The van der Waals surface area contributed by atoms with Crippen LogP contribution in [0.4, 0.5) is 0 Å². The van der Waals surface area contributed by atoms with Gasteiger partial charge in [-0.2, -0.15) is 0 Å². The van der Waals surface area contributed by atoms with Crippen LogP contribution in [0.1, 0.15) is 29.7 Å². The van der Waals surface area contributed by atoms with Gasteiger partial charge in [-0.05, 0) is 48.4 Å². The molecular formula is C31H25ClN2O7S. The number of esters is 1. The summed E-state index contributed by atoms with van der Waals surface area (Å²) in [5.74, 6) is 1.37. The van der Waals surface area contributed by atoms with Gasteiger partial charge in [0.25, 0.3) is 5.56 Å². The van der Waals surface area contributed by atoms with Crippen LogP contribution in [0.25, 0.3) is 11.8 Å². The maximum atomic E-state index is 14.1. The zero-order valence-electron chi connectivity index (χ0n) is 22.9. The molecule has 6 rings (SSSR count). The highest BCUT2D eigenvalue weighted by molar-refractivity contribution is 7.07. The second-order valence-electron chi connectivity index (χ2n) is 9.28. The van der Waals surface area contributed by atoms with Gasteiger partial charge in [-0.1, -0.05) is 59.3 Å². The smallest absolute Gasteiger partial charge is 0.338 e. The van der Waals surface area contributed by atoms with E-state index in [1.807, 2.05) is 36.4 Å². The number of halogens is 1. The van der Waals surface area contributed by atoms with E-state index in [9.17, 15) is 9.59 Å². The quantitative estimate of drug-likeness (QED) is 0.290. The van der Waals surface area contributed by atoms with Crippen LogP contribution in [0.2, 0.25) is 5.02 Å². The number of methoxy groups -OCH3 is 2. The molecule has 0 amide bonds. The Morgan fingerprint density at radius 1 is 1.10 bits per heavy atom. The number of carbonyl (C=O) groups is 1. The Bertz CT molecular complexity index is 1910. The number of nitrogens with zero attached hydrogens (tertiary/aromatic N) is 2. The van der Waals surface area contributed by atoms with Gasteiger partial charge in [0.2, 0.25) is 6.79 Å². The molecule has 2 aliphatic heterocycles. The lowest BCUT2D eigenvalue weighted by atomic mass is 9.93. The van der Waals surface area contributed by atoms with Crippen molar-refractivity contribution in [1.29, 1.82) is 0 Å². The SMILES string of the molecule is CCOC(=O)C1=C(c2ccccc2)N=c2s/c(=C\c3cc(Cl)c(OC)c(OC)c3)c(=O)n2[C@H]1c1ccc2c(c1)OCO2. The highest BCUT2D eigenvalue weighted by Crippen LogP contribution is 2.40. The third kappa shape index (κ3) is 4.82. The van der Waals surface area contributed by atoms with E-state index in [4.69, 9.17) is 40.3 Å². The first-order valence-electron chi connectivity index (χ1n) is 13.0. The molecule has 0 unspecified atom stereocenters. The zero-order chi connectivity index (χ0) is 29.4. The number of carbonyl (C=O) groups excluding carboxylic acids is 1. The predicted octanol–water partition coefficient (Wildman–Crippen LogP) is 4.33. The molecule has 0 aliphatic carbocycles. The fourth-order valence-electron chi connectivity index (χ4n) is 5.01. The van der Waals surface area contributed by atoms with Crippen molar-refractivity contribution in [1.82, 2.24) is 4.57 Å². The first kappa shape index (κ1) is 27.6. The minimum absolute atomic E-state index is 0.0886. The maximum absolute atomic E-state index is 14.1. The summed E-state index contributed by atoms with van der Waals surface area (Å²) in [6, 6.07) is 17.3. The standard InChI is InChI=1S/C31H25ClN2O7S/c1-4-39-30(36)25-26(18-8-6-5-7-9-18)33-31-34(27(25)19-10-11-21-22(15-19)41-16-40-21)29(35)24(42-31)14-17-12-20(32)28(38-3)23(13-17)37-2/h5-15,27H,4,16H2,1-3H3/b24-14-/t27-/m0/s1. The molecule has 11 heteroatoms. The van der Waals surface area contributed by atoms with Crippen LogP contribution in [-0.2, 0) is 9.53 Å². The number of hydrogen-bond donors (Lipinski definition) is 0. The van der Waals surface area contributed by atoms with Crippen LogP contribution in [-0.4, -0.2) is 38.2 Å². The summed E-state index contributed by atoms with van der Waals surface area (Å²) in [5.41, 5.74) is 2.34. The van der Waals surface area contributed by atoms with Crippen molar-refractivity contribution in [3.8, 4) is 23.0 Å². The van der Waals surface area contributed by atoms with Crippen molar-refractivity contribution >= 4 is 40.7 Å². The predicted molar refractivity (Wildman–Crippen MR) is 158 cm³/mol. The van der Waals surface area contributed by atoms with Crippen LogP contribution < -0.4 is 33.8 Å². The molecule has 0 spiro atoms. The summed E-state index contributed by atoms with van der Waals surface area (Å²) in [7, 11) is 3.02. The second-order valence-corrected chi connectivity index (χ2v) is 10.7. The van der Waals surface area contributed by atoms with Gasteiger partial charge in [0.05, 0.1) is 47.7 Å². The Kier molecular flexibility index (Phi) is 7.49. The second kappa shape index (κ2) is 11.4. The summed E-state index contributed by atoms with van der Waals surface area (Å²) in [6.45, 7) is 1.98. The van der Waals surface area contributed by atoms with Gasteiger partial charge in [0.1, 0.15) is 0 Å². The van der Waals surface area contributed by atoms with Crippen LogP contribution in [0.15, 0.2) is 76.0 Å². The molecule has 3 heterocycles. The molecule has 0 radical (unpaired) electrons.